The van der Waals surface area contributed by atoms with E-state index in [9.17, 15) is 9.59 Å². The molecule has 3 rings (SSSR count). The lowest BCUT2D eigenvalue weighted by Gasteiger charge is -2.28. The first-order chi connectivity index (χ1) is 14.0. The predicted molar refractivity (Wildman–Crippen MR) is 112 cm³/mol. The molecule has 0 atom stereocenters. The van der Waals surface area contributed by atoms with Crippen LogP contribution in [0, 0.1) is 0 Å². The van der Waals surface area contributed by atoms with Crippen molar-refractivity contribution in [3.05, 3.63) is 58.9 Å². The molecule has 0 spiro atoms. The van der Waals surface area contributed by atoms with Gasteiger partial charge >= 0.3 is 0 Å². The molecule has 0 radical (unpaired) electrons. The maximum atomic E-state index is 12.5. The molecule has 29 heavy (non-hydrogen) atoms. The fraction of sp³-hybridized carbons (Fsp3) is 0.409. The average molecular weight is 396 g/mol. The quantitative estimate of drug-likeness (QED) is 0.775. The van der Waals surface area contributed by atoms with Gasteiger partial charge in [0.25, 0.3) is 5.91 Å². The Labute approximate surface area is 171 Å². The van der Waals surface area contributed by atoms with Crippen LogP contribution in [0.5, 0.6) is 0 Å². The third-order valence-electron chi connectivity index (χ3n) is 5.05. The zero-order chi connectivity index (χ0) is 20.8. The van der Waals surface area contributed by atoms with E-state index < -0.39 is 0 Å². The van der Waals surface area contributed by atoms with Gasteiger partial charge in [0.05, 0.1) is 13.0 Å². The number of fused-ring (bicyclic) bond motifs is 1. The Morgan fingerprint density at radius 2 is 2.10 bits per heavy atom. The lowest BCUT2D eigenvalue weighted by Crippen LogP contribution is -2.36. The van der Waals surface area contributed by atoms with Gasteiger partial charge in [-0.05, 0) is 35.4 Å². The predicted octanol–water partition coefficient (Wildman–Crippen LogP) is 2.00. The number of carbonyl (C=O) groups is 2. The fourth-order valence-electron chi connectivity index (χ4n) is 3.34. The van der Waals surface area contributed by atoms with Crippen LogP contribution in [-0.2, 0) is 29.0 Å². The van der Waals surface area contributed by atoms with E-state index in [-0.39, 0.29) is 11.8 Å². The van der Waals surface area contributed by atoms with Crippen LogP contribution in [0.25, 0.3) is 0 Å². The molecule has 1 aromatic carbocycles. The first kappa shape index (κ1) is 20.8. The van der Waals surface area contributed by atoms with Gasteiger partial charge in [-0.1, -0.05) is 6.07 Å². The number of pyridine rings is 1. The van der Waals surface area contributed by atoms with Gasteiger partial charge < -0.3 is 19.9 Å². The molecule has 0 saturated carbocycles. The SMILES string of the molecule is COCCC(=O)N1CCc2ncc(CNC(=O)c3cccc(N(C)C)c3)cc2C1. The molecule has 154 valence electrons. The highest BCUT2D eigenvalue weighted by Crippen LogP contribution is 2.19. The summed E-state index contributed by atoms with van der Waals surface area (Å²) in [5.74, 6) is -0.0280. The van der Waals surface area contributed by atoms with Crippen LogP contribution in [-0.4, -0.2) is 56.1 Å². The lowest BCUT2D eigenvalue weighted by molar-refractivity contribution is -0.133. The number of rotatable bonds is 7. The average Bonchev–Trinajstić information content (AvgIpc) is 2.75. The molecule has 7 nitrogen and oxygen atoms in total. The Morgan fingerprint density at radius 3 is 2.86 bits per heavy atom. The summed E-state index contributed by atoms with van der Waals surface area (Å²) in [5, 5.41) is 2.96. The molecule has 0 unspecified atom stereocenters. The van der Waals surface area contributed by atoms with Crippen LogP contribution in [0.4, 0.5) is 5.69 Å². The third kappa shape index (κ3) is 5.32. The lowest BCUT2D eigenvalue weighted by atomic mass is 10.0. The van der Waals surface area contributed by atoms with Gasteiger partial charge in [0.1, 0.15) is 0 Å². The molecule has 2 aromatic rings. The van der Waals surface area contributed by atoms with Crippen molar-refractivity contribution in [3.8, 4) is 0 Å². The highest BCUT2D eigenvalue weighted by atomic mass is 16.5. The van der Waals surface area contributed by atoms with Crippen molar-refractivity contribution < 1.29 is 14.3 Å². The maximum absolute atomic E-state index is 12.5. The molecule has 2 amide bonds. The van der Waals surface area contributed by atoms with Crippen LogP contribution >= 0.6 is 0 Å². The Bertz CT molecular complexity index is 882. The van der Waals surface area contributed by atoms with Crippen molar-refractivity contribution in [2.75, 3.05) is 39.3 Å². The Morgan fingerprint density at radius 1 is 1.28 bits per heavy atom. The van der Waals surface area contributed by atoms with E-state index in [0.29, 0.717) is 38.2 Å². The Kier molecular flexibility index (Phi) is 6.82. The number of carbonyl (C=O) groups excluding carboxylic acids is 2. The summed E-state index contributed by atoms with van der Waals surface area (Å²) in [7, 11) is 5.48. The van der Waals surface area contributed by atoms with Gasteiger partial charge in [0.15, 0.2) is 0 Å². The van der Waals surface area contributed by atoms with Gasteiger partial charge in [-0.3, -0.25) is 14.6 Å². The molecule has 0 aliphatic carbocycles. The molecule has 0 saturated heterocycles. The summed E-state index contributed by atoms with van der Waals surface area (Å²) < 4.78 is 5.00. The summed E-state index contributed by atoms with van der Waals surface area (Å²) in [4.78, 5) is 33.1. The minimum atomic E-state index is -0.122. The number of anilines is 1. The van der Waals surface area contributed by atoms with Gasteiger partial charge in [-0.25, -0.2) is 0 Å². The minimum absolute atomic E-state index is 0.0944. The van der Waals surface area contributed by atoms with Crippen molar-refractivity contribution in [3.63, 3.8) is 0 Å². The first-order valence-corrected chi connectivity index (χ1v) is 9.77. The summed E-state index contributed by atoms with van der Waals surface area (Å²) in [6, 6.07) is 9.54. The molecule has 1 aliphatic heterocycles. The Balaban J connectivity index is 1.62. The molecule has 1 aliphatic rings. The molecule has 2 heterocycles. The van der Waals surface area contributed by atoms with E-state index in [1.54, 1.807) is 19.4 Å². The number of ether oxygens (including phenoxy) is 1. The summed E-state index contributed by atoms with van der Waals surface area (Å²) in [6.07, 6.45) is 2.94. The molecular formula is C22H28N4O3. The molecular weight excluding hydrogens is 368 g/mol. The van der Waals surface area contributed by atoms with Crippen molar-refractivity contribution in [1.82, 2.24) is 15.2 Å². The first-order valence-electron chi connectivity index (χ1n) is 9.77. The van der Waals surface area contributed by atoms with Crippen molar-refractivity contribution in [2.45, 2.75) is 25.9 Å². The van der Waals surface area contributed by atoms with Gasteiger partial charge in [-0.15, -0.1) is 0 Å². The number of methoxy groups -OCH3 is 1. The zero-order valence-electron chi connectivity index (χ0n) is 17.3. The van der Waals surface area contributed by atoms with Gasteiger partial charge in [-0.2, -0.15) is 0 Å². The number of hydrogen-bond acceptors (Lipinski definition) is 5. The molecule has 7 heteroatoms. The van der Waals surface area contributed by atoms with Crippen molar-refractivity contribution in [1.29, 1.82) is 0 Å². The second-order valence-corrected chi connectivity index (χ2v) is 7.38. The highest BCUT2D eigenvalue weighted by molar-refractivity contribution is 5.95. The van der Waals surface area contributed by atoms with Crippen LogP contribution in [0.2, 0.25) is 0 Å². The van der Waals surface area contributed by atoms with Crippen LogP contribution in [0.1, 0.15) is 33.6 Å². The largest absolute Gasteiger partial charge is 0.384 e. The van der Waals surface area contributed by atoms with E-state index >= 15 is 0 Å². The Hall–Kier alpha value is -2.93. The second-order valence-electron chi connectivity index (χ2n) is 7.38. The third-order valence-corrected chi connectivity index (χ3v) is 5.05. The normalized spacial score (nSPS) is 13.0. The molecule has 1 aromatic heterocycles. The van der Waals surface area contributed by atoms with Crippen molar-refractivity contribution >= 4 is 17.5 Å². The summed E-state index contributed by atoms with van der Waals surface area (Å²) in [5.41, 5.74) is 4.59. The van der Waals surface area contributed by atoms with E-state index in [2.05, 4.69) is 10.3 Å². The van der Waals surface area contributed by atoms with E-state index in [1.165, 1.54) is 0 Å². The molecule has 1 N–H and O–H groups in total. The number of nitrogens with one attached hydrogen (secondary N) is 1. The number of hydrogen-bond donors (Lipinski definition) is 1. The smallest absolute Gasteiger partial charge is 0.251 e. The van der Waals surface area contributed by atoms with Gasteiger partial charge in [0, 0.05) is 70.4 Å². The molecule has 0 fully saturated rings. The maximum Gasteiger partial charge on any atom is 0.251 e. The standard InChI is InChI=1S/C22H28N4O3/c1-25(2)19-6-4-5-17(12-19)22(28)24-14-16-11-18-15-26(21(27)8-10-29-3)9-7-20(18)23-13-16/h4-6,11-13H,7-10,14-15H2,1-3H3,(H,24,28). The van der Waals surface area contributed by atoms with Crippen LogP contribution < -0.4 is 10.2 Å². The fourth-order valence-corrected chi connectivity index (χ4v) is 3.34. The highest BCUT2D eigenvalue weighted by Gasteiger charge is 2.21. The monoisotopic (exact) mass is 396 g/mol. The van der Waals surface area contributed by atoms with Crippen LogP contribution in [0.3, 0.4) is 0 Å². The van der Waals surface area contributed by atoms with Crippen LogP contribution in [0.15, 0.2) is 36.5 Å². The zero-order valence-corrected chi connectivity index (χ0v) is 17.3. The number of amides is 2. The van der Waals surface area contributed by atoms with Gasteiger partial charge in [0.2, 0.25) is 5.91 Å². The number of aromatic nitrogens is 1. The van der Waals surface area contributed by atoms with Crippen molar-refractivity contribution in [2.24, 2.45) is 0 Å². The minimum Gasteiger partial charge on any atom is -0.384 e. The van der Waals surface area contributed by atoms with E-state index in [4.69, 9.17) is 4.74 Å². The summed E-state index contributed by atoms with van der Waals surface area (Å²) in [6.45, 7) is 2.06. The molecule has 0 bridgehead atoms. The van der Waals surface area contributed by atoms with E-state index in [0.717, 1.165) is 28.9 Å². The summed E-state index contributed by atoms with van der Waals surface area (Å²) >= 11 is 0. The van der Waals surface area contributed by atoms with E-state index in [1.807, 2.05) is 48.2 Å². The number of benzene rings is 1. The topological polar surface area (TPSA) is 74.8 Å². The second kappa shape index (κ2) is 9.52. The number of nitrogens with zero attached hydrogens (tertiary/aromatic N) is 3.